The van der Waals surface area contributed by atoms with Crippen LogP contribution < -0.4 is 0 Å². The van der Waals surface area contributed by atoms with E-state index in [9.17, 15) is 22.8 Å². The fourth-order valence-electron chi connectivity index (χ4n) is 1.96. The number of aryl methyl sites for hydroxylation is 1. The van der Waals surface area contributed by atoms with Gasteiger partial charge in [0.25, 0.3) is 21.9 Å². The quantitative estimate of drug-likeness (QED) is 0.393. The third kappa shape index (κ3) is 4.48. The van der Waals surface area contributed by atoms with Crippen LogP contribution in [0, 0.1) is 3.57 Å². The maximum absolute atomic E-state index is 11.7. The molecule has 1 atom stereocenters. The van der Waals surface area contributed by atoms with E-state index < -0.39 is 39.6 Å². The molecule has 1 heterocycles. The summed E-state index contributed by atoms with van der Waals surface area (Å²) in [7, 11) is -4.72. The van der Waals surface area contributed by atoms with Crippen LogP contribution in [0.2, 0.25) is 0 Å². The van der Waals surface area contributed by atoms with Crippen LogP contribution in [0.1, 0.15) is 18.4 Å². The van der Waals surface area contributed by atoms with E-state index >= 15 is 0 Å². The lowest BCUT2D eigenvalue weighted by Gasteiger charge is -2.13. The number of hydroxylamine groups is 2. The molecule has 0 aromatic heterocycles. The first-order valence-electron chi connectivity index (χ1n) is 6.47. The lowest BCUT2D eigenvalue weighted by Crippen LogP contribution is -2.36. The zero-order valence-electron chi connectivity index (χ0n) is 11.6. The van der Waals surface area contributed by atoms with Gasteiger partial charge >= 0.3 is 5.97 Å². The standard InChI is InChI=1S/C13H12INO7S/c14-9-4-1-8(2-5-9)3-6-12(17)22-15-11(16)7-10(13(15)18)23(19,20)21/h1-2,4-5,10H,3,6-7H2,(H,19,20,21)/i14+4. The average molecular weight is 457 g/mol. The molecule has 1 N–H and O–H groups in total. The van der Waals surface area contributed by atoms with Gasteiger partial charge in [-0.15, -0.1) is 5.06 Å². The van der Waals surface area contributed by atoms with Gasteiger partial charge in [-0.2, -0.15) is 8.42 Å². The molecule has 1 aliphatic heterocycles. The number of rotatable bonds is 5. The first-order valence-corrected chi connectivity index (χ1v) is 9.05. The van der Waals surface area contributed by atoms with Crippen molar-refractivity contribution in [1.82, 2.24) is 5.06 Å². The third-order valence-corrected chi connectivity index (χ3v) is 4.95. The maximum Gasteiger partial charge on any atom is 0.333 e. The first-order chi connectivity index (χ1) is 10.7. The molecule has 1 aromatic carbocycles. The summed E-state index contributed by atoms with van der Waals surface area (Å²) in [5.74, 6) is -3.10. The summed E-state index contributed by atoms with van der Waals surface area (Å²) in [6.07, 6.45) is -0.496. The number of amides is 2. The Morgan fingerprint density at radius 3 is 2.43 bits per heavy atom. The number of nitrogens with zero attached hydrogens (tertiary/aromatic N) is 1. The van der Waals surface area contributed by atoms with Crippen molar-refractivity contribution in [3.05, 3.63) is 33.4 Å². The minimum Gasteiger partial charge on any atom is -0.330 e. The molecule has 10 heteroatoms. The van der Waals surface area contributed by atoms with Gasteiger partial charge in [0.05, 0.1) is 12.8 Å². The molecule has 2 rings (SSSR count). The van der Waals surface area contributed by atoms with Crippen LogP contribution >= 0.6 is 22.6 Å². The molecule has 0 spiro atoms. The smallest absolute Gasteiger partial charge is 0.330 e. The number of benzene rings is 1. The van der Waals surface area contributed by atoms with Gasteiger partial charge in [-0.1, -0.05) is 12.1 Å². The van der Waals surface area contributed by atoms with Crippen molar-refractivity contribution in [1.29, 1.82) is 0 Å². The SMILES string of the molecule is O=C(CCc1ccc([131I])cc1)ON1C(=O)CC(S(=O)(=O)O)C1=O. The van der Waals surface area contributed by atoms with Crippen LogP contribution in [0.15, 0.2) is 24.3 Å². The third-order valence-electron chi connectivity index (χ3n) is 3.15. The predicted octanol–water partition coefficient (Wildman–Crippen LogP) is 0.697. The highest BCUT2D eigenvalue weighted by molar-refractivity contribution is 14.1. The molecular weight excluding hydrogens is 445 g/mol. The number of carbonyl (C=O) groups is 3. The lowest BCUT2D eigenvalue weighted by molar-refractivity contribution is -0.197. The van der Waals surface area contributed by atoms with Crippen molar-refractivity contribution in [3.63, 3.8) is 0 Å². The monoisotopic (exact) mass is 457 g/mol. The van der Waals surface area contributed by atoms with Crippen LogP contribution in [0.5, 0.6) is 0 Å². The summed E-state index contributed by atoms with van der Waals surface area (Å²) in [5.41, 5.74) is 0.872. The van der Waals surface area contributed by atoms with Gasteiger partial charge in [-0.3, -0.25) is 14.1 Å². The minimum atomic E-state index is -4.72. The zero-order chi connectivity index (χ0) is 17.2. The van der Waals surface area contributed by atoms with E-state index in [0.717, 1.165) is 9.13 Å². The molecular formula is C13H12INO7S. The molecule has 1 unspecified atom stereocenters. The first kappa shape index (κ1) is 17.8. The summed E-state index contributed by atoms with van der Waals surface area (Å²) in [4.78, 5) is 39.6. The fourth-order valence-corrected chi connectivity index (χ4v) is 3.02. The second-order valence-electron chi connectivity index (χ2n) is 4.82. The Morgan fingerprint density at radius 1 is 1.30 bits per heavy atom. The number of hydrogen-bond acceptors (Lipinski definition) is 6. The van der Waals surface area contributed by atoms with Gasteiger partial charge < -0.3 is 4.84 Å². The Kier molecular flexibility index (Phi) is 5.37. The number of hydrogen-bond donors (Lipinski definition) is 1. The molecule has 8 nitrogen and oxygen atoms in total. The molecule has 1 aromatic rings. The van der Waals surface area contributed by atoms with E-state index in [4.69, 9.17) is 4.55 Å². The summed E-state index contributed by atoms with van der Waals surface area (Å²) < 4.78 is 31.9. The molecule has 2 amide bonds. The van der Waals surface area contributed by atoms with Crippen molar-refractivity contribution in [2.24, 2.45) is 0 Å². The second kappa shape index (κ2) is 6.93. The number of carbonyl (C=O) groups excluding carboxylic acids is 3. The Morgan fingerprint density at radius 2 is 1.91 bits per heavy atom. The van der Waals surface area contributed by atoms with Gasteiger partial charge in [-0.05, 0) is 46.7 Å². The molecule has 0 aliphatic carbocycles. The van der Waals surface area contributed by atoms with Crippen LogP contribution in [-0.4, -0.2) is 41.1 Å². The molecule has 1 fully saturated rings. The highest BCUT2D eigenvalue weighted by atomic mass is 131. The summed E-state index contributed by atoms with van der Waals surface area (Å²) in [6, 6.07) is 7.39. The summed E-state index contributed by atoms with van der Waals surface area (Å²) in [6.45, 7) is 0. The van der Waals surface area contributed by atoms with Crippen LogP contribution in [0.25, 0.3) is 0 Å². The number of halogens is 1. The van der Waals surface area contributed by atoms with Crippen molar-refractivity contribution >= 4 is 50.5 Å². The average Bonchev–Trinajstić information content (AvgIpc) is 2.75. The fraction of sp³-hybridized carbons (Fsp3) is 0.308. The predicted molar refractivity (Wildman–Crippen MR) is 85.4 cm³/mol. The molecule has 1 aliphatic rings. The van der Waals surface area contributed by atoms with Crippen LogP contribution in [-0.2, 0) is 35.8 Å². The highest BCUT2D eigenvalue weighted by Gasteiger charge is 2.48. The Bertz CT molecular complexity index is 744. The molecule has 0 bridgehead atoms. The lowest BCUT2D eigenvalue weighted by atomic mass is 10.1. The van der Waals surface area contributed by atoms with Gasteiger partial charge in [0.1, 0.15) is 0 Å². The van der Waals surface area contributed by atoms with E-state index in [-0.39, 0.29) is 11.5 Å². The zero-order valence-corrected chi connectivity index (χ0v) is 14.6. The Balaban J connectivity index is 1.93. The van der Waals surface area contributed by atoms with Crippen LogP contribution in [0.4, 0.5) is 0 Å². The van der Waals surface area contributed by atoms with E-state index in [0.29, 0.717) is 6.42 Å². The van der Waals surface area contributed by atoms with Gasteiger partial charge in [0.15, 0.2) is 5.25 Å². The molecule has 0 saturated carbocycles. The van der Waals surface area contributed by atoms with Crippen LogP contribution in [0.3, 0.4) is 0 Å². The summed E-state index contributed by atoms with van der Waals surface area (Å²) in [5, 5.41) is -1.81. The molecule has 124 valence electrons. The van der Waals surface area contributed by atoms with Crippen molar-refractivity contribution in [2.45, 2.75) is 24.5 Å². The number of imide groups is 1. The van der Waals surface area contributed by atoms with E-state index in [1.54, 1.807) is 0 Å². The molecule has 1 saturated heterocycles. The normalized spacial score (nSPS) is 18.3. The minimum absolute atomic E-state index is 0.0891. The van der Waals surface area contributed by atoms with E-state index in [1.807, 2.05) is 24.3 Å². The van der Waals surface area contributed by atoms with Gasteiger partial charge in [0, 0.05) is 3.57 Å². The second-order valence-corrected chi connectivity index (χ2v) is 7.67. The maximum atomic E-state index is 11.7. The topological polar surface area (TPSA) is 118 Å². The Labute approximate surface area is 145 Å². The molecule has 0 radical (unpaired) electrons. The van der Waals surface area contributed by atoms with E-state index in [2.05, 4.69) is 27.4 Å². The van der Waals surface area contributed by atoms with E-state index in [1.165, 1.54) is 0 Å². The largest absolute Gasteiger partial charge is 0.333 e. The van der Waals surface area contributed by atoms with Crippen molar-refractivity contribution in [3.8, 4) is 0 Å². The van der Waals surface area contributed by atoms with Crippen molar-refractivity contribution < 1.29 is 32.2 Å². The highest BCUT2D eigenvalue weighted by Crippen LogP contribution is 2.20. The summed E-state index contributed by atoms with van der Waals surface area (Å²) >= 11 is 2.14. The molecule has 23 heavy (non-hydrogen) atoms. The van der Waals surface area contributed by atoms with Gasteiger partial charge in [0.2, 0.25) is 0 Å². The van der Waals surface area contributed by atoms with Crippen molar-refractivity contribution in [2.75, 3.05) is 0 Å². The van der Waals surface area contributed by atoms with Gasteiger partial charge in [-0.25, -0.2) is 4.79 Å². The Hall–Kier alpha value is -1.53.